The van der Waals surface area contributed by atoms with Gasteiger partial charge >= 0.3 is 0 Å². The number of hydrogen-bond donors (Lipinski definition) is 2. The summed E-state index contributed by atoms with van der Waals surface area (Å²) in [5, 5.41) is 1.14. The summed E-state index contributed by atoms with van der Waals surface area (Å²) in [6, 6.07) is 23.4. The van der Waals surface area contributed by atoms with E-state index in [2.05, 4.69) is 10.9 Å². The summed E-state index contributed by atoms with van der Waals surface area (Å²) >= 11 is 12.7. The van der Waals surface area contributed by atoms with Crippen LogP contribution in [0.2, 0.25) is 10.0 Å². The molecule has 0 radical (unpaired) electrons. The molecular formula is C20H18Cl2N2O. The number of benzene rings is 3. The third kappa shape index (κ3) is 5.13. The van der Waals surface area contributed by atoms with Crippen LogP contribution < -0.4 is 15.6 Å². The van der Waals surface area contributed by atoms with Crippen LogP contribution in [0.5, 0.6) is 5.75 Å². The van der Waals surface area contributed by atoms with Crippen LogP contribution in [0.3, 0.4) is 0 Å². The van der Waals surface area contributed by atoms with Crippen LogP contribution in [0.1, 0.15) is 11.1 Å². The first-order chi connectivity index (χ1) is 12.2. The molecule has 0 heterocycles. The summed E-state index contributed by atoms with van der Waals surface area (Å²) < 4.78 is 5.78. The van der Waals surface area contributed by atoms with E-state index in [1.165, 1.54) is 0 Å². The van der Waals surface area contributed by atoms with Crippen LogP contribution in [0, 0.1) is 0 Å². The van der Waals surface area contributed by atoms with Gasteiger partial charge in [-0.2, -0.15) is 0 Å². The van der Waals surface area contributed by atoms with Crippen molar-refractivity contribution >= 4 is 28.9 Å². The molecule has 3 aromatic carbocycles. The van der Waals surface area contributed by atoms with E-state index in [4.69, 9.17) is 27.9 Å². The van der Waals surface area contributed by atoms with E-state index in [0.717, 1.165) is 16.8 Å². The number of para-hydroxylation sites is 1. The first-order valence-corrected chi connectivity index (χ1v) is 8.66. The second-order valence-corrected chi connectivity index (χ2v) is 6.30. The van der Waals surface area contributed by atoms with Crippen LogP contribution in [-0.4, -0.2) is 0 Å². The smallest absolute Gasteiger partial charge is 0.122 e. The second-order valence-electron chi connectivity index (χ2n) is 5.48. The molecule has 0 fully saturated rings. The minimum atomic E-state index is 0.473. The molecule has 0 aromatic heterocycles. The van der Waals surface area contributed by atoms with Gasteiger partial charge in [-0.05, 0) is 29.8 Å². The Bertz CT molecular complexity index is 787. The molecule has 0 bridgehead atoms. The van der Waals surface area contributed by atoms with Crippen molar-refractivity contribution in [2.24, 2.45) is 0 Å². The van der Waals surface area contributed by atoms with E-state index in [-0.39, 0.29) is 0 Å². The van der Waals surface area contributed by atoms with Crippen molar-refractivity contribution in [2.75, 3.05) is 5.43 Å². The number of ether oxygens (including phenoxy) is 1. The number of halogens is 2. The number of hydrogen-bond acceptors (Lipinski definition) is 3. The highest BCUT2D eigenvalue weighted by molar-refractivity contribution is 6.36. The minimum absolute atomic E-state index is 0.473. The van der Waals surface area contributed by atoms with Gasteiger partial charge in [-0.1, -0.05) is 71.7 Å². The lowest BCUT2D eigenvalue weighted by Crippen LogP contribution is -2.21. The van der Waals surface area contributed by atoms with Gasteiger partial charge in [-0.3, -0.25) is 0 Å². The van der Waals surface area contributed by atoms with E-state index < -0.39 is 0 Å². The normalized spacial score (nSPS) is 10.5. The third-order valence-electron chi connectivity index (χ3n) is 3.63. The average molecular weight is 373 g/mol. The molecule has 0 saturated carbocycles. The van der Waals surface area contributed by atoms with Crippen molar-refractivity contribution in [3.05, 3.63) is 94.0 Å². The van der Waals surface area contributed by atoms with Crippen molar-refractivity contribution < 1.29 is 4.74 Å². The predicted molar refractivity (Wildman–Crippen MR) is 104 cm³/mol. The van der Waals surface area contributed by atoms with Gasteiger partial charge in [0.25, 0.3) is 0 Å². The fourth-order valence-electron chi connectivity index (χ4n) is 2.33. The van der Waals surface area contributed by atoms with Gasteiger partial charge < -0.3 is 10.2 Å². The van der Waals surface area contributed by atoms with Crippen LogP contribution in [0.25, 0.3) is 0 Å². The zero-order valence-corrected chi connectivity index (χ0v) is 15.0. The molecule has 3 rings (SSSR count). The SMILES string of the molecule is Clc1cc(OCc2ccccc2)cc(Cl)c1CNNc1ccccc1. The third-order valence-corrected chi connectivity index (χ3v) is 4.31. The van der Waals surface area contributed by atoms with E-state index in [1.54, 1.807) is 12.1 Å². The van der Waals surface area contributed by atoms with Gasteiger partial charge in [0.15, 0.2) is 0 Å². The fraction of sp³-hybridized carbons (Fsp3) is 0.100. The molecule has 0 atom stereocenters. The first-order valence-electron chi connectivity index (χ1n) is 7.91. The molecule has 0 aliphatic heterocycles. The molecule has 5 heteroatoms. The maximum absolute atomic E-state index is 6.37. The van der Waals surface area contributed by atoms with E-state index in [9.17, 15) is 0 Å². The minimum Gasteiger partial charge on any atom is -0.489 e. The van der Waals surface area contributed by atoms with Crippen molar-refractivity contribution in [3.63, 3.8) is 0 Å². The van der Waals surface area contributed by atoms with Gasteiger partial charge in [0, 0.05) is 17.8 Å². The Kier molecular flexibility index (Phi) is 6.18. The largest absolute Gasteiger partial charge is 0.489 e. The standard InChI is InChI=1S/C20H18Cl2N2O/c21-19-11-17(25-14-15-7-3-1-4-8-15)12-20(22)18(19)13-23-24-16-9-5-2-6-10-16/h1-12,23-24H,13-14H2. The molecule has 128 valence electrons. The molecule has 0 saturated heterocycles. The second kappa shape index (κ2) is 8.77. The summed E-state index contributed by atoms with van der Waals surface area (Å²) in [5.74, 6) is 0.652. The summed E-state index contributed by atoms with van der Waals surface area (Å²) in [7, 11) is 0. The Morgan fingerprint density at radius 1 is 0.800 bits per heavy atom. The zero-order valence-electron chi connectivity index (χ0n) is 13.5. The molecule has 2 N–H and O–H groups in total. The molecule has 25 heavy (non-hydrogen) atoms. The molecule has 0 unspecified atom stereocenters. The van der Waals surface area contributed by atoms with E-state index >= 15 is 0 Å². The predicted octanol–water partition coefficient (Wildman–Crippen LogP) is 5.69. The van der Waals surface area contributed by atoms with E-state index in [0.29, 0.717) is 28.9 Å². The van der Waals surface area contributed by atoms with Gasteiger partial charge in [0.2, 0.25) is 0 Å². The van der Waals surface area contributed by atoms with Gasteiger partial charge in [0.1, 0.15) is 12.4 Å². The number of rotatable bonds is 7. The quantitative estimate of drug-likeness (QED) is 0.522. The van der Waals surface area contributed by atoms with Crippen molar-refractivity contribution in [2.45, 2.75) is 13.2 Å². The molecule has 0 aliphatic rings. The van der Waals surface area contributed by atoms with Crippen molar-refractivity contribution in [1.82, 2.24) is 5.43 Å². The summed E-state index contributed by atoms with van der Waals surface area (Å²) in [6.45, 7) is 0.964. The Labute approximate surface area is 157 Å². The first kappa shape index (κ1) is 17.6. The number of anilines is 1. The van der Waals surface area contributed by atoms with Gasteiger partial charge in [0.05, 0.1) is 10.0 Å². The highest BCUT2D eigenvalue weighted by atomic mass is 35.5. The highest BCUT2D eigenvalue weighted by Crippen LogP contribution is 2.30. The number of nitrogens with one attached hydrogen (secondary N) is 2. The lowest BCUT2D eigenvalue weighted by Gasteiger charge is -2.13. The number of hydrazine groups is 1. The molecule has 0 amide bonds. The lowest BCUT2D eigenvalue weighted by molar-refractivity contribution is 0.306. The topological polar surface area (TPSA) is 33.3 Å². The zero-order chi connectivity index (χ0) is 17.5. The summed E-state index contributed by atoms with van der Waals surface area (Å²) in [4.78, 5) is 0. The molecule has 0 aliphatic carbocycles. The maximum Gasteiger partial charge on any atom is 0.122 e. The van der Waals surface area contributed by atoms with Gasteiger partial charge in [-0.25, -0.2) is 5.43 Å². The Morgan fingerprint density at radius 3 is 2.04 bits per heavy atom. The van der Waals surface area contributed by atoms with Crippen LogP contribution >= 0.6 is 23.2 Å². The van der Waals surface area contributed by atoms with Gasteiger partial charge in [-0.15, -0.1) is 0 Å². The molecule has 3 nitrogen and oxygen atoms in total. The van der Waals surface area contributed by atoms with Crippen molar-refractivity contribution in [1.29, 1.82) is 0 Å². The fourth-order valence-corrected chi connectivity index (χ4v) is 2.93. The maximum atomic E-state index is 6.37. The Balaban J connectivity index is 1.59. The highest BCUT2D eigenvalue weighted by Gasteiger charge is 2.09. The molecule has 0 spiro atoms. The van der Waals surface area contributed by atoms with Crippen molar-refractivity contribution in [3.8, 4) is 5.75 Å². The molecular weight excluding hydrogens is 355 g/mol. The molecule has 3 aromatic rings. The van der Waals surface area contributed by atoms with Crippen LogP contribution in [-0.2, 0) is 13.2 Å². The summed E-state index contributed by atoms with van der Waals surface area (Å²) in [5.41, 5.74) is 9.11. The lowest BCUT2D eigenvalue weighted by atomic mass is 10.2. The Morgan fingerprint density at radius 2 is 1.40 bits per heavy atom. The average Bonchev–Trinajstić information content (AvgIpc) is 2.64. The monoisotopic (exact) mass is 372 g/mol. The summed E-state index contributed by atoms with van der Waals surface area (Å²) in [6.07, 6.45) is 0. The Hall–Kier alpha value is -2.20. The van der Waals surface area contributed by atoms with Crippen LogP contribution in [0.4, 0.5) is 5.69 Å². The van der Waals surface area contributed by atoms with Crippen LogP contribution in [0.15, 0.2) is 72.8 Å². The van der Waals surface area contributed by atoms with E-state index in [1.807, 2.05) is 60.7 Å².